The number of carbonyl (C=O) groups is 1. The number of carbonyl (C=O) groups excluding carboxylic acids is 1. The van der Waals surface area contributed by atoms with Gasteiger partial charge in [0.25, 0.3) is 5.91 Å². The standard InChI is InChI=1S/C15H22ClN3O/c1-18(2)15(20)13-5-4-11(16)10-14(13)17-12-6-8-19(3)9-7-12/h4-5,10,12,17H,6-9H2,1-3H3. The van der Waals surface area contributed by atoms with Crippen molar-refractivity contribution in [3.8, 4) is 0 Å². The maximum atomic E-state index is 12.2. The van der Waals surface area contributed by atoms with Crippen molar-refractivity contribution < 1.29 is 4.79 Å². The number of nitrogens with one attached hydrogen (secondary N) is 1. The smallest absolute Gasteiger partial charge is 0.255 e. The summed E-state index contributed by atoms with van der Waals surface area (Å²) in [4.78, 5) is 16.1. The van der Waals surface area contributed by atoms with E-state index in [1.54, 1.807) is 31.1 Å². The average Bonchev–Trinajstić information content (AvgIpc) is 2.41. The minimum absolute atomic E-state index is 0.00269. The van der Waals surface area contributed by atoms with Gasteiger partial charge in [0, 0.05) is 30.8 Å². The van der Waals surface area contributed by atoms with Crippen LogP contribution in [-0.4, -0.2) is 56.0 Å². The van der Waals surface area contributed by atoms with Gasteiger partial charge in [0.05, 0.1) is 5.56 Å². The van der Waals surface area contributed by atoms with Gasteiger partial charge < -0.3 is 15.1 Å². The first-order valence-corrected chi connectivity index (χ1v) is 7.31. The highest BCUT2D eigenvalue weighted by atomic mass is 35.5. The molecule has 20 heavy (non-hydrogen) atoms. The molecular weight excluding hydrogens is 274 g/mol. The molecule has 1 aliphatic rings. The number of hydrogen-bond acceptors (Lipinski definition) is 3. The summed E-state index contributed by atoms with van der Waals surface area (Å²) in [5, 5.41) is 4.14. The molecule has 1 fully saturated rings. The van der Waals surface area contributed by atoms with Crippen LogP contribution >= 0.6 is 11.6 Å². The van der Waals surface area contributed by atoms with E-state index in [0.29, 0.717) is 16.6 Å². The van der Waals surface area contributed by atoms with Crippen LogP contribution in [0.1, 0.15) is 23.2 Å². The summed E-state index contributed by atoms with van der Waals surface area (Å²) in [6, 6.07) is 5.80. The van der Waals surface area contributed by atoms with E-state index in [9.17, 15) is 4.79 Å². The van der Waals surface area contributed by atoms with E-state index in [2.05, 4.69) is 17.3 Å². The van der Waals surface area contributed by atoms with Gasteiger partial charge in [0.1, 0.15) is 0 Å². The van der Waals surface area contributed by atoms with Crippen LogP contribution in [0.5, 0.6) is 0 Å². The first kappa shape index (κ1) is 15.1. The van der Waals surface area contributed by atoms with Crippen molar-refractivity contribution in [3.63, 3.8) is 0 Å². The molecule has 0 unspecified atom stereocenters. The minimum Gasteiger partial charge on any atom is -0.382 e. The van der Waals surface area contributed by atoms with Gasteiger partial charge in [0.15, 0.2) is 0 Å². The quantitative estimate of drug-likeness (QED) is 0.931. The molecule has 0 bridgehead atoms. The Balaban J connectivity index is 2.17. The van der Waals surface area contributed by atoms with Crippen molar-refractivity contribution in [2.45, 2.75) is 18.9 Å². The van der Waals surface area contributed by atoms with Crippen molar-refractivity contribution in [1.29, 1.82) is 0 Å². The van der Waals surface area contributed by atoms with Gasteiger partial charge in [-0.15, -0.1) is 0 Å². The van der Waals surface area contributed by atoms with Gasteiger partial charge in [-0.25, -0.2) is 0 Å². The first-order chi connectivity index (χ1) is 9.47. The topological polar surface area (TPSA) is 35.6 Å². The second-order valence-corrected chi connectivity index (χ2v) is 6.05. The number of benzene rings is 1. The summed E-state index contributed by atoms with van der Waals surface area (Å²) in [6.07, 6.45) is 2.16. The summed E-state index contributed by atoms with van der Waals surface area (Å²) in [6.45, 7) is 2.16. The number of halogens is 1. The van der Waals surface area contributed by atoms with Crippen LogP contribution in [0.4, 0.5) is 5.69 Å². The molecular formula is C15H22ClN3O. The maximum absolute atomic E-state index is 12.2. The fraction of sp³-hybridized carbons (Fsp3) is 0.533. The van der Waals surface area contributed by atoms with Crippen LogP contribution in [-0.2, 0) is 0 Å². The molecule has 0 radical (unpaired) electrons. The van der Waals surface area contributed by atoms with E-state index < -0.39 is 0 Å². The van der Waals surface area contributed by atoms with Crippen molar-refractivity contribution in [3.05, 3.63) is 28.8 Å². The largest absolute Gasteiger partial charge is 0.382 e. The Bertz CT molecular complexity index is 482. The Morgan fingerprint density at radius 3 is 2.60 bits per heavy atom. The molecule has 2 rings (SSSR count). The minimum atomic E-state index is -0.00269. The van der Waals surface area contributed by atoms with Crippen LogP contribution in [0, 0.1) is 0 Å². The fourth-order valence-electron chi connectivity index (χ4n) is 2.44. The van der Waals surface area contributed by atoms with E-state index in [1.807, 2.05) is 6.07 Å². The van der Waals surface area contributed by atoms with Gasteiger partial charge in [-0.05, 0) is 51.2 Å². The summed E-state index contributed by atoms with van der Waals surface area (Å²) >= 11 is 6.07. The predicted molar refractivity (Wildman–Crippen MR) is 83.6 cm³/mol. The highest BCUT2D eigenvalue weighted by Crippen LogP contribution is 2.24. The molecule has 1 amide bonds. The highest BCUT2D eigenvalue weighted by molar-refractivity contribution is 6.31. The molecule has 0 atom stereocenters. The second kappa shape index (κ2) is 6.46. The van der Waals surface area contributed by atoms with Crippen LogP contribution in [0.15, 0.2) is 18.2 Å². The van der Waals surface area contributed by atoms with Gasteiger partial charge in [-0.3, -0.25) is 4.79 Å². The lowest BCUT2D eigenvalue weighted by atomic mass is 10.0. The summed E-state index contributed by atoms with van der Waals surface area (Å²) in [5.41, 5.74) is 1.52. The number of likely N-dealkylation sites (tertiary alicyclic amines) is 1. The number of hydrogen-bond donors (Lipinski definition) is 1. The third-order valence-corrected chi connectivity index (χ3v) is 3.93. The highest BCUT2D eigenvalue weighted by Gasteiger charge is 2.20. The Kier molecular flexibility index (Phi) is 4.89. The Hall–Kier alpha value is -1.26. The molecule has 5 heteroatoms. The van der Waals surface area contributed by atoms with E-state index in [4.69, 9.17) is 11.6 Å². The summed E-state index contributed by atoms with van der Waals surface area (Å²) < 4.78 is 0. The van der Waals surface area contributed by atoms with E-state index in [0.717, 1.165) is 31.6 Å². The fourth-order valence-corrected chi connectivity index (χ4v) is 2.61. The Morgan fingerprint density at radius 2 is 2.00 bits per heavy atom. The van der Waals surface area contributed by atoms with Crippen LogP contribution < -0.4 is 5.32 Å². The zero-order chi connectivity index (χ0) is 14.7. The van der Waals surface area contributed by atoms with Crippen molar-refractivity contribution in [1.82, 2.24) is 9.80 Å². The SMILES string of the molecule is CN1CCC(Nc2cc(Cl)ccc2C(=O)N(C)C)CC1. The van der Waals surface area contributed by atoms with Gasteiger partial charge in [-0.1, -0.05) is 11.6 Å². The van der Waals surface area contributed by atoms with Gasteiger partial charge in [-0.2, -0.15) is 0 Å². The molecule has 0 spiro atoms. The lowest BCUT2D eigenvalue weighted by Crippen LogP contribution is -2.37. The number of anilines is 1. The lowest BCUT2D eigenvalue weighted by Gasteiger charge is -2.30. The zero-order valence-electron chi connectivity index (χ0n) is 12.3. The number of nitrogens with zero attached hydrogens (tertiary/aromatic N) is 2. The second-order valence-electron chi connectivity index (χ2n) is 5.61. The summed E-state index contributed by atoms with van der Waals surface area (Å²) in [5.74, 6) is -0.00269. The molecule has 4 nitrogen and oxygen atoms in total. The molecule has 110 valence electrons. The van der Waals surface area contributed by atoms with Crippen LogP contribution in [0.2, 0.25) is 5.02 Å². The molecule has 0 aliphatic carbocycles. The third kappa shape index (κ3) is 3.64. The monoisotopic (exact) mass is 295 g/mol. The average molecular weight is 296 g/mol. The Labute approximate surface area is 125 Å². The van der Waals surface area contributed by atoms with E-state index in [-0.39, 0.29) is 5.91 Å². The van der Waals surface area contributed by atoms with Crippen molar-refractivity contribution >= 4 is 23.2 Å². The maximum Gasteiger partial charge on any atom is 0.255 e. The summed E-state index contributed by atoms with van der Waals surface area (Å²) in [7, 11) is 5.66. The molecule has 0 saturated carbocycles. The lowest BCUT2D eigenvalue weighted by molar-refractivity contribution is 0.0828. The molecule has 1 saturated heterocycles. The number of rotatable bonds is 3. The van der Waals surface area contributed by atoms with Crippen LogP contribution in [0.3, 0.4) is 0 Å². The van der Waals surface area contributed by atoms with Gasteiger partial charge >= 0.3 is 0 Å². The number of piperidine rings is 1. The van der Waals surface area contributed by atoms with Crippen molar-refractivity contribution in [2.75, 3.05) is 39.5 Å². The number of amides is 1. The van der Waals surface area contributed by atoms with E-state index >= 15 is 0 Å². The van der Waals surface area contributed by atoms with Gasteiger partial charge in [0.2, 0.25) is 0 Å². The Morgan fingerprint density at radius 1 is 1.35 bits per heavy atom. The molecule has 0 aromatic heterocycles. The molecule has 1 N–H and O–H groups in total. The molecule has 1 aromatic rings. The molecule has 1 heterocycles. The zero-order valence-corrected chi connectivity index (χ0v) is 13.1. The van der Waals surface area contributed by atoms with Crippen molar-refractivity contribution in [2.24, 2.45) is 0 Å². The predicted octanol–water partition coefficient (Wildman–Crippen LogP) is 2.55. The van der Waals surface area contributed by atoms with E-state index in [1.165, 1.54) is 0 Å². The normalized spacial score (nSPS) is 17.0. The first-order valence-electron chi connectivity index (χ1n) is 6.93. The molecule has 1 aliphatic heterocycles. The third-order valence-electron chi connectivity index (χ3n) is 3.70. The molecule has 1 aromatic carbocycles. The van der Waals surface area contributed by atoms with Crippen LogP contribution in [0.25, 0.3) is 0 Å².